The van der Waals surface area contributed by atoms with Crippen LogP contribution in [0.5, 0.6) is 5.88 Å². The van der Waals surface area contributed by atoms with Gasteiger partial charge in [0.2, 0.25) is 17.7 Å². The number of hydrogen-bond acceptors (Lipinski definition) is 6. The molecule has 1 aromatic carbocycles. The number of nitrogens with two attached hydrogens (primary N) is 1. The third-order valence-corrected chi connectivity index (χ3v) is 6.65. The number of benzene rings is 1. The molecule has 0 saturated carbocycles. The van der Waals surface area contributed by atoms with Crippen molar-refractivity contribution in [2.75, 3.05) is 20.7 Å². The summed E-state index contributed by atoms with van der Waals surface area (Å²) in [4.78, 5) is 38.9. The fraction of sp³-hybridized carbons (Fsp3) is 0.462. The summed E-state index contributed by atoms with van der Waals surface area (Å²) in [6.45, 7) is 0.926. The largest absolute Gasteiger partial charge is 0.480 e. The topological polar surface area (TPSA) is 126 Å². The molecule has 0 radical (unpaired) electrons. The van der Waals surface area contributed by atoms with Crippen LogP contribution in [-0.2, 0) is 9.59 Å². The molecule has 35 heavy (non-hydrogen) atoms. The van der Waals surface area contributed by atoms with Gasteiger partial charge in [0, 0.05) is 11.8 Å². The second-order valence-electron chi connectivity index (χ2n) is 9.19. The van der Waals surface area contributed by atoms with Crippen molar-refractivity contribution in [2.24, 2.45) is 5.73 Å². The highest BCUT2D eigenvalue weighted by Gasteiger charge is 2.30. The monoisotopic (exact) mass is 478 g/mol. The van der Waals surface area contributed by atoms with Gasteiger partial charge in [0.05, 0.1) is 42.2 Å². The van der Waals surface area contributed by atoms with E-state index in [1.54, 1.807) is 13.3 Å². The molecule has 3 heterocycles. The molecule has 2 atom stereocenters. The number of primary amides is 1. The second-order valence-corrected chi connectivity index (χ2v) is 9.19. The number of pyridine rings is 1. The quantitative estimate of drug-likeness (QED) is 0.363. The Morgan fingerprint density at radius 3 is 2.86 bits per heavy atom. The number of ether oxygens (including phenoxy) is 1. The maximum absolute atomic E-state index is 13.1. The highest BCUT2D eigenvalue weighted by molar-refractivity contribution is 5.85. The molecule has 0 unspecified atom stereocenters. The third kappa shape index (κ3) is 5.97. The van der Waals surface area contributed by atoms with Crippen LogP contribution in [0, 0.1) is 0 Å². The predicted molar refractivity (Wildman–Crippen MR) is 135 cm³/mol. The van der Waals surface area contributed by atoms with Crippen molar-refractivity contribution in [1.29, 1.82) is 0 Å². The van der Waals surface area contributed by atoms with E-state index in [0.29, 0.717) is 24.5 Å². The van der Waals surface area contributed by atoms with Gasteiger partial charge in [0.15, 0.2) is 0 Å². The predicted octanol–water partition coefficient (Wildman–Crippen LogP) is 3.32. The first-order valence-electron chi connectivity index (χ1n) is 12.2. The van der Waals surface area contributed by atoms with Crippen LogP contribution in [0.25, 0.3) is 22.2 Å². The lowest BCUT2D eigenvalue weighted by molar-refractivity contribution is -0.126. The smallest absolute Gasteiger partial charge is 0.237 e. The molecule has 0 spiro atoms. The van der Waals surface area contributed by atoms with Crippen LogP contribution >= 0.6 is 0 Å². The highest BCUT2D eigenvalue weighted by Crippen LogP contribution is 2.32. The molecule has 0 aliphatic carbocycles. The van der Waals surface area contributed by atoms with Gasteiger partial charge >= 0.3 is 0 Å². The van der Waals surface area contributed by atoms with E-state index in [-0.39, 0.29) is 23.9 Å². The summed E-state index contributed by atoms with van der Waals surface area (Å²) in [6.07, 6.45) is 7.17. The summed E-state index contributed by atoms with van der Waals surface area (Å²) in [7, 11) is 3.59. The zero-order chi connectivity index (χ0) is 24.8. The number of nitrogens with one attached hydrogen (secondary N) is 2. The maximum atomic E-state index is 13.1. The first-order chi connectivity index (χ1) is 17.0. The zero-order valence-electron chi connectivity index (χ0n) is 20.4. The fourth-order valence-electron chi connectivity index (χ4n) is 4.71. The number of likely N-dealkylation sites (N-methyl/N-ethyl adjacent to an activating group) is 1. The van der Waals surface area contributed by atoms with Gasteiger partial charge in [-0.2, -0.15) is 0 Å². The van der Waals surface area contributed by atoms with Crippen molar-refractivity contribution in [2.45, 2.75) is 57.0 Å². The number of hydrogen-bond donors (Lipinski definition) is 3. The number of carbonyl (C=O) groups excluding carboxylic acids is 2. The van der Waals surface area contributed by atoms with Gasteiger partial charge in [0.1, 0.15) is 5.82 Å². The molecule has 186 valence electrons. The number of unbranched alkanes of at least 4 members (excludes halogenated alkanes) is 2. The van der Waals surface area contributed by atoms with E-state index in [0.717, 1.165) is 60.8 Å². The number of methoxy groups -OCH3 is 1. The van der Waals surface area contributed by atoms with Gasteiger partial charge < -0.3 is 20.8 Å². The number of nitrogens with zero attached hydrogens (tertiary/aromatic N) is 3. The Morgan fingerprint density at radius 1 is 1.29 bits per heavy atom. The molecule has 2 amide bonds. The summed E-state index contributed by atoms with van der Waals surface area (Å²) in [6, 6.07) is 9.53. The number of carbonyl (C=O) groups is 2. The van der Waals surface area contributed by atoms with Crippen LogP contribution in [-0.4, -0.2) is 58.4 Å². The average Bonchev–Trinajstić information content (AvgIpc) is 3.51. The van der Waals surface area contributed by atoms with Gasteiger partial charge in [-0.05, 0) is 51.4 Å². The van der Waals surface area contributed by atoms with E-state index in [1.807, 2.05) is 37.4 Å². The number of fused-ring (bicyclic) bond motifs is 1. The summed E-state index contributed by atoms with van der Waals surface area (Å²) in [5.41, 5.74) is 7.71. The molecule has 0 bridgehead atoms. The molecule has 1 saturated heterocycles. The van der Waals surface area contributed by atoms with Crippen molar-refractivity contribution >= 4 is 22.7 Å². The minimum absolute atomic E-state index is 0.0232. The molecule has 2 aromatic heterocycles. The fourth-order valence-corrected chi connectivity index (χ4v) is 4.71. The van der Waals surface area contributed by atoms with Gasteiger partial charge in [-0.15, -0.1) is 0 Å². The van der Waals surface area contributed by atoms with Crippen molar-refractivity contribution < 1.29 is 14.3 Å². The second kappa shape index (κ2) is 11.3. The number of aromatic amines is 1. The normalized spacial score (nSPS) is 16.9. The Labute approximate surface area is 205 Å². The van der Waals surface area contributed by atoms with Crippen LogP contribution in [0.4, 0.5) is 0 Å². The van der Waals surface area contributed by atoms with Crippen LogP contribution in [0.2, 0.25) is 0 Å². The van der Waals surface area contributed by atoms with Crippen molar-refractivity contribution in [3.05, 3.63) is 42.4 Å². The molecule has 3 aromatic rings. The lowest BCUT2D eigenvalue weighted by atomic mass is 10.1. The number of aromatic nitrogens is 3. The molecule has 1 fully saturated rings. The molecule has 9 heteroatoms. The van der Waals surface area contributed by atoms with Crippen molar-refractivity contribution in [3.63, 3.8) is 0 Å². The maximum Gasteiger partial charge on any atom is 0.237 e. The third-order valence-electron chi connectivity index (χ3n) is 6.65. The first kappa shape index (κ1) is 24.7. The zero-order valence-corrected chi connectivity index (χ0v) is 20.4. The number of likely N-dealkylation sites (tertiary alicyclic amines) is 1. The van der Waals surface area contributed by atoms with Gasteiger partial charge in [-0.25, -0.2) is 9.97 Å². The summed E-state index contributed by atoms with van der Waals surface area (Å²) < 4.78 is 5.56. The van der Waals surface area contributed by atoms with Crippen LogP contribution in [0.15, 0.2) is 36.5 Å². The van der Waals surface area contributed by atoms with E-state index < -0.39 is 0 Å². The molecule has 4 N–H and O–H groups in total. The molecule has 1 aliphatic rings. The van der Waals surface area contributed by atoms with Gasteiger partial charge in [0.25, 0.3) is 0 Å². The molecular formula is C26H34N6O3. The van der Waals surface area contributed by atoms with Gasteiger partial charge in [-0.3, -0.25) is 14.5 Å². The Kier molecular flexibility index (Phi) is 7.97. The highest BCUT2D eigenvalue weighted by atomic mass is 16.5. The average molecular weight is 479 g/mol. The van der Waals surface area contributed by atoms with E-state index >= 15 is 0 Å². The minimum atomic E-state index is -0.284. The summed E-state index contributed by atoms with van der Waals surface area (Å²) in [5.74, 6) is 0.945. The number of H-pyrrole nitrogens is 1. The Balaban J connectivity index is 1.55. The number of rotatable bonds is 11. The number of para-hydroxylation sites is 1. The van der Waals surface area contributed by atoms with Gasteiger partial charge in [-0.1, -0.05) is 31.0 Å². The number of imidazole rings is 1. The summed E-state index contributed by atoms with van der Waals surface area (Å²) in [5, 5.41) is 4.22. The minimum Gasteiger partial charge on any atom is -0.480 e. The Hall–Kier alpha value is -3.46. The van der Waals surface area contributed by atoms with Crippen LogP contribution in [0.3, 0.4) is 0 Å². The molecule has 1 aliphatic heterocycles. The van der Waals surface area contributed by atoms with E-state index in [2.05, 4.69) is 25.2 Å². The lowest BCUT2D eigenvalue weighted by Gasteiger charge is -2.23. The molecule has 4 rings (SSSR count). The number of amides is 2. The Bertz CT molecular complexity index is 1180. The van der Waals surface area contributed by atoms with E-state index in [1.165, 1.54) is 0 Å². The van der Waals surface area contributed by atoms with Crippen LogP contribution in [0.1, 0.15) is 56.8 Å². The lowest BCUT2D eigenvalue weighted by Crippen LogP contribution is -2.43. The first-order valence-corrected chi connectivity index (χ1v) is 12.2. The van der Waals surface area contributed by atoms with Crippen molar-refractivity contribution in [3.8, 4) is 17.1 Å². The van der Waals surface area contributed by atoms with Crippen molar-refractivity contribution in [1.82, 2.24) is 25.2 Å². The van der Waals surface area contributed by atoms with E-state index in [4.69, 9.17) is 10.5 Å². The SMILES string of the molecule is COc1nc2ccccc2cc1-c1cnc([C@H](CCCCCC(N)=O)NC(=O)[C@@H]2CCCN2C)[nH]1. The van der Waals surface area contributed by atoms with E-state index in [9.17, 15) is 9.59 Å². The van der Waals surface area contributed by atoms with Crippen LogP contribution < -0.4 is 15.8 Å². The standard InChI is InChI=1S/C26H34N6O3/c1-32-14-8-12-22(32)25(34)30-20(11-4-3-5-13-23(27)33)24-28-16-21(29-24)18-15-17-9-6-7-10-19(17)31-26(18)35-2/h6-7,9-10,15-16,20,22H,3-5,8,11-14H2,1-2H3,(H2,27,33)(H,28,29)(H,30,34)/t20-,22-/m0/s1. The summed E-state index contributed by atoms with van der Waals surface area (Å²) >= 11 is 0. The molecule has 9 nitrogen and oxygen atoms in total. The molecular weight excluding hydrogens is 444 g/mol. The Morgan fingerprint density at radius 2 is 2.11 bits per heavy atom.